The van der Waals surface area contributed by atoms with Gasteiger partial charge in [-0.2, -0.15) is 0 Å². The molecule has 4 nitrogen and oxygen atoms in total. The summed E-state index contributed by atoms with van der Waals surface area (Å²) < 4.78 is 0. The van der Waals surface area contributed by atoms with Crippen LogP contribution >= 0.6 is 0 Å². The van der Waals surface area contributed by atoms with Crippen LogP contribution in [0.25, 0.3) is 0 Å². The number of anilines is 2. The zero-order valence-electron chi connectivity index (χ0n) is 16.1. The van der Waals surface area contributed by atoms with E-state index in [0.29, 0.717) is 12.8 Å². The second-order valence-electron chi connectivity index (χ2n) is 6.55. The fraction of sp³-hybridized carbons (Fsp3) is 0.600. The van der Waals surface area contributed by atoms with E-state index in [4.69, 9.17) is 0 Å². The van der Waals surface area contributed by atoms with E-state index in [2.05, 4.69) is 38.3 Å². The van der Waals surface area contributed by atoms with Crippen LogP contribution in [-0.2, 0) is 9.59 Å². The molecule has 0 heterocycles. The molecule has 0 spiro atoms. The summed E-state index contributed by atoms with van der Waals surface area (Å²) in [5, 5.41) is 6.06. The first-order valence-electron chi connectivity index (χ1n) is 9.03. The monoisotopic (exact) mass is 332 g/mol. The molecule has 4 heteroatoms. The predicted molar refractivity (Wildman–Crippen MR) is 102 cm³/mol. The lowest BCUT2D eigenvalue weighted by molar-refractivity contribution is -0.117. The third-order valence-corrected chi connectivity index (χ3v) is 4.73. The maximum atomic E-state index is 12.2. The normalized spacial score (nSPS) is 10.6. The Balaban J connectivity index is 3.18. The fourth-order valence-electron chi connectivity index (χ4n) is 2.70. The summed E-state index contributed by atoms with van der Waals surface area (Å²) in [6, 6.07) is 0. The predicted octanol–water partition coefficient (Wildman–Crippen LogP) is 5.18. The van der Waals surface area contributed by atoms with Crippen LogP contribution in [-0.4, -0.2) is 11.8 Å². The van der Waals surface area contributed by atoms with Crippen LogP contribution in [0.5, 0.6) is 0 Å². The van der Waals surface area contributed by atoms with Crippen molar-refractivity contribution in [3.63, 3.8) is 0 Å². The highest BCUT2D eigenvalue weighted by atomic mass is 16.2. The fourth-order valence-corrected chi connectivity index (χ4v) is 2.70. The molecule has 0 atom stereocenters. The third-order valence-electron chi connectivity index (χ3n) is 4.73. The molecular weight excluding hydrogens is 300 g/mol. The van der Waals surface area contributed by atoms with Gasteiger partial charge in [-0.1, -0.05) is 26.7 Å². The van der Waals surface area contributed by atoms with Gasteiger partial charge in [0.15, 0.2) is 0 Å². The van der Waals surface area contributed by atoms with E-state index in [0.717, 1.165) is 59.3 Å². The van der Waals surface area contributed by atoms with Crippen LogP contribution in [0.1, 0.15) is 74.6 Å². The number of hydrogen-bond acceptors (Lipinski definition) is 2. The van der Waals surface area contributed by atoms with E-state index in [1.54, 1.807) is 0 Å². The molecule has 0 unspecified atom stereocenters. The van der Waals surface area contributed by atoms with Gasteiger partial charge in [0.05, 0.1) is 11.4 Å². The van der Waals surface area contributed by atoms with Gasteiger partial charge in [-0.05, 0) is 62.8 Å². The lowest BCUT2D eigenvalue weighted by Gasteiger charge is -2.22. The molecule has 24 heavy (non-hydrogen) atoms. The topological polar surface area (TPSA) is 58.2 Å². The minimum Gasteiger partial charge on any atom is -0.324 e. The maximum absolute atomic E-state index is 12.2. The van der Waals surface area contributed by atoms with Crippen molar-refractivity contribution in [3.8, 4) is 0 Å². The van der Waals surface area contributed by atoms with Crippen LogP contribution in [0.3, 0.4) is 0 Å². The summed E-state index contributed by atoms with van der Waals surface area (Å²) in [5.74, 6) is 0.0123. The highest BCUT2D eigenvalue weighted by Gasteiger charge is 2.18. The number of benzene rings is 1. The standard InChI is InChI=1S/C20H32N2O2/c1-7-9-11-17(23)21-19-15(5)13(3)14(4)16(6)20(19)22-18(24)12-10-8-2/h7-12H2,1-6H3,(H,21,23)(H,22,24). The summed E-state index contributed by atoms with van der Waals surface area (Å²) in [6.07, 6.45) is 4.72. The smallest absolute Gasteiger partial charge is 0.224 e. The zero-order chi connectivity index (χ0) is 18.3. The molecule has 0 bridgehead atoms. The molecule has 0 saturated carbocycles. The van der Waals surface area contributed by atoms with Gasteiger partial charge in [0.25, 0.3) is 0 Å². The summed E-state index contributed by atoms with van der Waals surface area (Å²) in [5.41, 5.74) is 5.86. The van der Waals surface area contributed by atoms with Gasteiger partial charge in [0, 0.05) is 12.8 Å². The first-order chi connectivity index (χ1) is 11.3. The number of rotatable bonds is 8. The van der Waals surface area contributed by atoms with Crippen LogP contribution in [0.2, 0.25) is 0 Å². The highest BCUT2D eigenvalue weighted by Crippen LogP contribution is 2.35. The van der Waals surface area contributed by atoms with Crippen molar-refractivity contribution in [2.75, 3.05) is 10.6 Å². The van der Waals surface area contributed by atoms with Gasteiger partial charge >= 0.3 is 0 Å². The first-order valence-corrected chi connectivity index (χ1v) is 9.03. The number of unbranched alkanes of at least 4 members (excludes halogenated alkanes) is 2. The molecule has 0 aliphatic carbocycles. The van der Waals surface area contributed by atoms with Crippen molar-refractivity contribution in [1.82, 2.24) is 0 Å². The summed E-state index contributed by atoms with van der Waals surface area (Å²) >= 11 is 0. The van der Waals surface area contributed by atoms with Crippen molar-refractivity contribution in [1.29, 1.82) is 0 Å². The Morgan fingerprint density at radius 3 is 1.29 bits per heavy atom. The highest BCUT2D eigenvalue weighted by molar-refractivity contribution is 6.02. The van der Waals surface area contributed by atoms with E-state index in [-0.39, 0.29) is 11.8 Å². The van der Waals surface area contributed by atoms with E-state index in [1.165, 1.54) is 0 Å². The van der Waals surface area contributed by atoms with Crippen molar-refractivity contribution in [3.05, 3.63) is 22.3 Å². The largest absolute Gasteiger partial charge is 0.324 e. The number of amides is 2. The molecule has 0 radical (unpaired) electrons. The maximum Gasteiger partial charge on any atom is 0.224 e. The lowest BCUT2D eigenvalue weighted by atomic mass is 9.95. The van der Waals surface area contributed by atoms with Crippen molar-refractivity contribution >= 4 is 23.2 Å². The molecule has 2 N–H and O–H groups in total. The van der Waals surface area contributed by atoms with Gasteiger partial charge in [-0.15, -0.1) is 0 Å². The Bertz CT molecular complexity index is 553. The van der Waals surface area contributed by atoms with Gasteiger partial charge in [0.1, 0.15) is 0 Å². The minimum absolute atomic E-state index is 0.00617. The SMILES string of the molecule is CCCCC(=O)Nc1c(C)c(C)c(C)c(C)c1NC(=O)CCCC. The molecule has 0 aromatic heterocycles. The quantitative estimate of drug-likeness (QED) is 0.689. The van der Waals surface area contributed by atoms with E-state index in [9.17, 15) is 9.59 Å². The van der Waals surface area contributed by atoms with Crippen LogP contribution in [0.4, 0.5) is 11.4 Å². The molecule has 0 saturated heterocycles. The van der Waals surface area contributed by atoms with Crippen LogP contribution < -0.4 is 10.6 Å². The van der Waals surface area contributed by atoms with Gasteiger partial charge in [-0.3, -0.25) is 9.59 Å². The van der Waals surface area contributed by atoms with Crippen LogP contribution in [0, 0.1) is 27.7 Å². The van der Waals surface area contributed by atoms with E-state index < -0.39 is 0 Å². The second kappa shape index (κ2) is 9.45. The van der Waals surface area contributed by atoms with E-state index in [1.807, 2.05) is 13.8 Å². The Morgan fingerprint density at radius 1 is 0.667 bits per heavy atom. The number of hydrogen-bond donors (Lipinski definition) is 2. The summed E-state index contributed by atoms with van der Waals surface area (Å²) in [4.78, 5) is 24.4. The lowest BCUT2D eigenvalue weighted by Crippen LogP contribution is -2.19. The Hall–Kier alpha value is -1.84. The van der Waals surface area contributed by atoms with Crippen molar-refractivity contribution in [2.45, 2.75) is 80.1 Å². The van der Waals surface area contributed by atoms with Crippen molar-refractivity contribution < 1.29 is 9.59 Å². The van der Waals surface area contributed by atoms with Gasteiger partial charge in [0.2, 0.25) is 11.8 Å². The number of nitrogens with one attached hydrogen (secondary N) is 2. The zero-order valence-corrected chi connectivity index (χ0v) is 16.1. The average molecular weight is 332 g/mol. The summed E-state index contributed by atoms with van der Waals surface area (Å²) in [6.45, 7) is 12.2. The number of carbonyl (C=O) groups is 2. The third kappa shape index (κ3) is 5.08. The molecule has 1 aromatic rings. The Labute approximate surface area is 146 Å². The minimum atomic E-state index is 0.00617. The molecule has 0 aliphatic heterocycles. The molecular formula is C20H32N2O2. The second-order valence-corrected chi connectivity index (χ2v) is 6.55. The average Bonchev–Trinajstić information content (AvgIpc) is 2.57. The molecule has 0 aliphatic rings. The molecule has 2 amide bonds. The van der Waals surface area contributed by atoms with Crippen LogP contribution in [0.15, 0.2) is 0 Å². The van der Waals surface area contributed by atoms with E-state index >= 15 is 0 Å². The Morgan fingerprint density at radius 2 is 1.00 bits per heavy atom. The molecule has 134 valence electrons. The van der Waals surface area contributed by atoms with Gasteiger partial charge < -0.3 is 10.6 Å². The van der Waals surface area contributed by atoms with Gasteiger partial charge in [-0.25, -0.2) is 0 Å². The first kappa shape index (κ1) is 20.2. The number of carbonyl (C=O) groups excluding carboxylic acids is 2. The molecule has 0 fully saturated rings. The van der Waals surface area contributed by atoms with Crippen molar-refractivity contribution in [2.24, 2.45) is 0 Å². The molecule has 1 aromatic carbocycles. The molecule has 1 rings (SSSR count). The summed E-state index contributed by atoms with van der Waals surface area (Å²) in [7, 11) is 0. The Kier molecular flexibility index (Phi) is 7.96.